The summed E-state index contributed by atoms with van der Waals surface area (Å²) in [6, 6.07) is 22.5. The van der Waals surface area contributed by atoms with Crippen LogP contribution >= 0.6 is 0 Å². The summed E-state index contributed by atoms with van der Waals surface area (Å²) in [4.78, 5) is 33.6. The fourth-order valence-electron chi connectivity index (χ4n) is 3.17. The Morgan fingerprint density at radius 2 is 1.53 bits per heavy atom. The fraction of sp³-hybridized carbons (Fsp3) is 0.0833. The highest BCUT2D eigenvalue weighted by molar-refractivity contribution is 6.07. The number of pyridine rings is 2. The average Bonchev–Trinajstić information content (AvgIpc) is 2.82. The van der Waals surface area contributed by atoms with E-state index in [-0.39, 0.29) is 11.8 Å². The van der Waals surface area contributed by atoms with E-state index in [1.165, 1.54) is 6.20 Å². The smallest absolute Gasteiger partial charge is 0.252 e. The van der Waals surface area contributed by atoms with E-state index in [1.807, 2.05) is 54.6 Å². The van der Waals surface area contributed by atoms with Gasteiger partial charge in [-0.2, -0.15) is 0 Å². The van der Waals surface area contributed by atoms with Crippen molar-refractivity contribution in [2.45, 2.75) is 0 Å². The number of aromatic nitrogens is 2. The molecule has 0 spiro atoms. The lowest BCUT2D eigenvalue weighted by Gasteiger charge is -2.11. The lowest BCUT2D eigenvalue weighted by molar-refractivity contribution is 0.0928. The molecule has 6 nitrogen and oxygen atoms in total. The van der Waals surface area contributed by atoms with Crippen molar-refractivity contribution >= 4 is 22.7 Å². The Hall–Kier alpha value is -4.06. The van der Waals surface area contributed by atoms with Gasteiger partial charge in [0.15, 0.2) is 0 Å². The third-order valence-corrected chi connectivity index (χ3v) is 4.65. The van der Waals surface area contributed by atoms with Gasteiger partial charge in [-0.3, -0.25) is 14.6 Å². The van der Waals surface area contributed by atoms with Crippen LogP contribution in [-0.4, -0.2) is 34.9 Å². The molecule has 0 unspecified atom stereocenters. The van der Waals surface area contributed by atoms with Crippen molar-refractivity contribution in [3.63, 3.8) is 0 Å². The Bertz CT molecular complexity index is 1180. The predicted molar refractivity (Wildman–Crippen MR) is 116 cm³/mol. The highest BCUT2D eigenvalue weighted by Crippen LogP contribution is 2.24. The van der Waals surface area contributed by atoms with Crippen LogP contribution in [0.1, 0.15) is 20.7 Å². The van der Waals surface area contributed by atoms with E-state index >= 15 is 0 Å². The molecule has 0 fully saturated rings. The molecule has 4 aromatic rings. The van der Waals surface area contributed by atoms with Crippen LogP contribution in [0.4, 0.5) is 0 Å². The molecule has 0 bridgehead atoms. The van der Waals surface area contributed by atoms with Crippen molar-refractivity contribution in [3.8, 4) is 11.3 Å². The average molecular weight is 396 g/mol. The minimum Gasteiger partial charge on any atom is -0.350 e. The molecule has 30 heavy (non-hydrogen) atoms. The number of benzene rings is 2. The van der Waals surface area contributed by atoms with E-state index < -0.39 is 0 Å². The second kappa shape index (κ2) is 8.96. The minimum absolute atomic E-state index is 0.207. The maximum Gasteiger partial charge on any atom is 0.252 e. The molecule has 0 aliphatic carbocycles. The molecule has 0 atom stereocenters. The zero-order valence-corrected chi connectivity index (χ0v) is 16.2. The lowest BCUT2D eigenvalue weighted by Crippen LogP contribution is -2.34. The first-order valence-electron chi connectivity index (χ1n) is 9.64. The van der Waals surface area contributed by atoms with Gasteiger partial charge in [0.1, 0.15) is 0 Å². The van der Waals surface area contributed by atoms with Gasteiger partial charge in [-0.25, -0.2) is 4.98 Å². The number of amides is 2. The van der Waals surface area contributed by atoms with E-state index in [2.05, 4.69) is 15.6 Å². The Morgan fingerprint density at radius 1 is 0.800 bits per heavy atom. The summed E-state index contributed by atoms with van der Waals surface area (Å²) in [6.45, 7) is 0.621. The molecule has 2 aromatic carbocycles. The molecule has 6 heteroatoms. The Labute approximate surface area is 174 Å². The van der Waals surface area contributed by atoms with Crippen LogP contribution in [0, 0.1) is 0 Å². The summed E-state index contributed by atoms with van der Waals surface area (Å²) in [5.74, 6) is -0.431. The van der Waals surface area contributed by atoms with E-state index in [0.29, 0.717) is 24.2 Å². The number of nitrogens with zero attached hydrogens (tertiary/aromatic N) is 2. The van der Waals surface area contributed by atoms with E-state index in [0.717, 1.165) is 22.2 Å². The largest absolute Gasteiger partial charge is 0.350 e. The fourth-order valence-corrected chi connectivity index (χ4v) is 3.17. The van der Waals surface area contributed by atoms with Gasteiger partial charge in [0.05, 0.1) is 22.3 Å². The summed E-state index contributed by atoms with van der Waals surface area (Å²) >= 11 is 0. The standard InChI is InChI=1S/C24H20N4O2/c29-23(18-9-6-12-25-16-18)26-13-14-27-24(30)20-15-22(17-7-2-1-3-8-17)28-21-11-5-4-10-19(20)21/h1-12,15-16H,13-14H2,(H,26,29)(H,27,30). The molecule has 148 valence electrons. The van der Waals surface area contributed by atoms with E-state index in [9.17, 15) is 9.59 Å². The lowest BCUT2D eigenvalue weighted by atomic mass is 10.0. The van der Waals surface area contributed by atoms with Crippen LogP contribution in [0.2, 0.25) is 0 Å². The second-order valence-corrected chi connectivity index (χ2v) is 6.69. The molecule has 4 rings (SSSR count). The van der Waals surface area contributed by atoms with Gasteiger partial charge in [-0.05, 0) is 24.3 Å². The number of carbonyl (C=O) groups excluding carboxylic acids is 2. The van der Waals surface area contributed by atoms with Crippen LogP contribution in [-0.2, 0) is 0 Å². The van der Waals surface area contributed by atoms with Crippen LogP contribution in [0.25, 0.3) is 22.2 Å². The maximum atomic E-state index is 12.9. The number of hydrogen-bond acceptors (Lipinski definition) is 4. The first-order chi connectivity index (χ1) is 14.7. The highest BCUT2D eigenvalue weighted by Gasteiger charge is 2.14. The van der Waals surface area contributed by atoms with Gasteiger partial charge in [0.25, 0.3) is 11.8 Å². The third-order valence-electron chi connectivity index (χ3n) is 4.65. The second-order valence-electron chi connectivity index (χ2n) is 6.69. The van der Waals surface area contributed by atoms with Crippen molar-refractivity contribution in [3.05, 3.63) is 96.3 Å². The first kappa shape index (κ1) is 19.3. The Kier molecular flexibility index (Phi) is 5.75. The van der Waals surface area contributed by atoms with Crippen molar-refractivity contribution in [1.29, 1.82) is 0 Å². The SMILES string of the molecule is O=C(NCCNC(=O)c1cc(-c2ccccc2)nc2ccccc12)c1cccnc1. The maximum absolute atomic E-state index is 12.9. The summed E-state index contributed by atoms with van der Waals surface area (Å²) in [7, 11) is 0. The Morgan fingerprint density at radius 3 is 2.30 bits per heavy atom. The molecule has 0 aliphatic heterocycles. The third kappa shape index (κ3) is 4.33. The molecule has 0 aliphatic rings. The van der Waals surface area contributed by atoms with Crippen LogP contribution in [0.5, 0.6) is 0 Å². The van der Waals surface area contributed by atoms with Crippen molar-refractivity contribution < 1.29 is 9.59 Å². The number of fused-ring (bicyclic) bond motifs is 1. The topological polar surface area (TPSA) is 84.0 Å². The van der Waals surface area contributed by atoms with Crippen LogP contribution in [0.3, 0.4) is 0 Å². The predicted octanol–water partition coefficient (Wildman–Crippen LogP) is 3.46. The van der Waals surface area contributed by atoms with Gasteiger partial charge >= 0.3 is 0 Å². The minimum atomic E-state index is -0.224. The molecule has 2 N–H and O–H groups in total. The number of hydrogen-bond donors (Lipinski definition) is 2. The van der Waals surface area contributed by atoms with Crippen LogP contribution < -0.4 is 10.6 Å². The molecular weight excluding hydrogens is 376 g/mol. The molecule has 0 saturated heterocycles. The summed E-state index contributed by atoms with van der Waals surface area (Å²) in [6.07, 6.45) is 3.11. The monoisotopic (exact) mass is 396 g/mol. The zero-order valence-electron chi connectivity index (χ0n) is 16.2. The molecule has 2 aromatic heterocycles. The Balaban J connectivity index is 1.48. The normalized spacial score (nSPS) is 10.5. The van der Waals surface area contributed by atoms with Crippen molar-refractivity contribution in [2.24, 2.45) is 0 Å². The molecule has 2 heterocycles. The van der Waals surface area contributed by atoms with Gasteiger partial charge in [-0.1, -0.05) is 48.5 Å². The van der Waals surface area contributed by atoms with Crippen molar-refractivity contribution in [2.75, 3.05) is 13.1 Å². The van der Waals surface area contributed by atoms with Gasteiger partial charge < -0.3 is 10.6 Å². The highest BCUT2D eigenvalue weighted by atomic mass is 16.2. The number of carbonyl (C=O) groups is 2. The summed E-state index contributed by atoms with van der Waals surface area (Å²) < 4.78 is 0. The molecule has 0 radical (unpaired) electrons. The molecular formula is C24H20N4O2. The van der Waals surface area contributed by atoms with Gasteiger partial charge in [0, 0.05) is 36.4 Å². The van der Waals surface area contributed by atoms with E-state index in [4.69, 9.17) is 4.98 Å². The number of nitrogens with one attached hydrogen (secondary N) is 2. The van der Waals surface area contributed by atoms with Gasteiger partial charge in [0.2, 0.25) is 0 Å². The zero-order chi connectivity index (χ0) is 20.8. The van der Waals surface area contributed by atoms with Crippen LogP contribution in [0.15, 0.2) is 85.2 Å². The molecule has 2 amide bonds. The quantitative estimate of drug-likeness (QED) is 0.489. The first-order valence-corrected chi connectivity index (χ1v) is 9.64. The van der Waals surface area contributed by atoms with Gasteiger partial charge in [-0.15, -0.1) is 0 Å². The number of rotatable bonds is 6. The molecule has 0 saturated carbocycles. The summed E-state index contributed by atoms with van der Waals surface area (Å²) in [5, 5.41) is 6.44. The summed E-state index contributed by atoms with van der Waals surface area (Å²) in [5.41, 5.74) is 3.48. The van der Waals surface area contributed by atoms with Crippen molar-refractivity contribution in [1.82, 2.24) is 20.6 Å². The number of para-hydroxylation sites is 1. The van der Waals surface area contributed by atoms with E-state index in [1.54, 1.807) is 24.4 Å².